The first-order valence-electron chi connectivity index (χ1n) is 11.2. The van der Waals surface area contributed by atoms with E-state index in [1.807, 2.05) is 66.3 Å². The molecule has 3 aliphatic heterocycles. The van der Waals surface area contributed by atoms with E-state index in [0.29, 0.717) is 45.0 Å². The summed E-state index contributed by atoms with van der Waals surface area (Å²) in [4.78, 5) is 37.2. The quantitative estimate of drug-likeness (QED) is 0.659. The third-order valence-corrected chi connectivity index (χ3v) is 6.98. The zero-order valence-electron chi connectivity index (χ0n) is 18.9. The second-order valence-electron chi connectivity index (χ2n) is 7.95. The molecule has 1 saturated heterocycles. The third kappa shape index (κ3) is 4.34. The van der Waals surface area contributed by atoms with Crippen molar-refractivity contribution < 1.29 is 14.3 Å². The van der Waals surface area contributed by atoms with Crippen molar-refractivity contribution in [3.8, 4) is 0 Å². The van der Waals surface area contributed by atoms with E-state index in [-0.39, 0.29) is 24.3 Å². The molecular weight excluding hydrogens is 424 g/mol. The smallest absolute Gasteiger partial charge is 0.254 e. The van der Waals surface area contributed by atoms with Gasteiger partial charge in [0.05, 0.1) is 36.9 Å². The van der Waals surface area contributed by atoms with E-state index in [9.17, 15) is 9.59 Å². The van der Waals surface area contributed by atoms with Gasteiger partial charge in [-0.2, -0.15) is 0 Å². The Morgan fingerprint density at radius 3 is 2.50 bits per heavy atom. The van der Waals surface area contributed by atoms with Crippen molar-refractivity contribution >= 4 is 28.7 Å². The van der Waals surface area contributed by atoms with Crippen molar-refractivity contribution in [3.05, 3.63) is 58.3 Å². The fraction of sp³-hybridized carbons (Fsp3) is 0.458. The summed E-state index contributed by atoms with van der Waals surface area (Å²) in [5.41, 5.74) is 3.32. The molecule has 8 heteroatoms. The first-order chi connectivity index (χ1) is 15.5. The summed E-state index contributed by atoms with van der Waals surface area (Å²) in [6, 6.07) is 9.72. The van der Waals surface area contributed by atoms with Gasteiger partial charge in [-0.15, -0.1) is 0 Å². The largest absolute Gasteiger partial charge is 0.378 e. The Hall–Kier alpha value is -2.58. The Kier molecular flexibility index (Phi) is 7.01. The van der Waals surface area contributed by atoms with Gasteiger partial charge in [0, 0.05) is 31.9 Å². The number of carbonyl (C=O) groups excluding carboxylic acids is 2. The van der Waals surface area contributed by atoms with Crippen molar-refractivity contribution in [2.24, 2.45) is 4.99 Å². The van der Waals surface area contributed by atoms with Gasteiger partial charge in [0.25, 0.3) is 5.91 Å². The maximum absolute atomic E-state index is 13.6. The molecule has 7 nitrogen and oxygen atoms in total. The van der Waals surface area contributed by atoms with Gasteiger partial charge < -0.3 is 19.4 Å². The number of rotatable bonds is 6. The van der Waals surface area contributed by atoms with Crippen LogP contribution < -0.4 is 0 Å². The van der Waals surface area contributed by atoms with Gasteiger partial charge in [0.15, 0.2) is 5.17 Å². The minimum atomic E-state index is -0.310. The van der Waals surface area contributed by atoms with Crippen LogP contribution >= 0.6 is 11.8 Å². The number of fused-ring (bicyclic) bond motifs is 1. The zero-order chi connectivity index (χ0) is 22.7. The van der Waals surface area contributed by atoms with Crippen molar-refractivity contribution in [1.82, 2.24) is 14.7 Å². The number of allylic oxidation sites excluding steroid dienone is 1. The maximum Gasteiger partial charge on any atom is 0.254 e. The summed E-state index contributed by atoms with van der Waals surface area (Å²) in [6.07, 6.45) is 0.279. The van der Waals surface area contributed by atoms with Gasteiger partial charge in [0.1, 0.15) is 0 Å². The number of thioether (sulfide) groups is 1. The minimum absolute atomic E-state index is 0.0000844. The number of aliphatic imine (C=N–C) groups is 1. The molecule has 0 saturated carbocycles. The molecule has 0 aliphatic carbocycles. The van der Waals surface area contributed by atoms with Crippen LogP contribution in [0.5, 0.6) is 0 Å². The van der Waals surface area contributed by atoms with E-state index in [0.717, 1.165) is 22.1 Å². The van der Waals surface area contributed by atoms with Gasteiger partial charge in [-0.1, -0.05) is 42.1 Å². The van der Waals surface area contributed by atoms with E-state index < -0.39 is 0 Å². The normalized spacial score (nSPS) is 20.7. The Bertz CT molecular complexity index is 963. The molecule has 1 fully saturated rings. The number of ether oxygens (including phenoxy) is 1. The predicted octanol–water partition coefficient (Wildman–Crippen LogP) is 3.38. The zero-order valence-corrected chi connectivity index (χ0v) is 19.7. The summed E-state index contributed by atoms with van der Waals surface area (Å²) >= 11 is 1.52. The summed E-state index contributed by atoms with van der Waals surface area (Å²) in [5, 5.41) is 2.82. The lowest BCUT2D eigenvalue weighted by Gasteiger charge is -2.38. The second kappa shape index (κ2) is 9.92. The molecule has 1 aromatic carbocycles. The standard InChI is InChI=1S/C24H30N4O3S/c1-4-26(5-2)23(30)21-17(3)25-24-28(22(21)18-9-7-6-8-10-18)19(16-32-24)15-20(29)27-11-13-31-14-12-27/h6-10,16,22H,4-5,11-15H2,1-3H3. The first kappa shape index (κ1) is 22.6. The molecule has 2 amide bonds. The molecule has 3 heterocycles. The van der Waals surface area contributed by atoms with Crippen molar-refractivity contribution in [1.29, 1.82) is 0 Å². The van der Waals surface area contributed by atoms with Crippen LogP contribution in [0.2, 0.25) is 0 Å². The average Bonchev–Trinajstić information content (AvgIpc) is 3.21. The summed E-state index contributed by atoms with van der Waals surface area (Å²) in [5.74, 6) is 0.0796. The molecule has 1 atom stereocenters. The predicted molar refractivity (Wildman–Crippen MR) is 127 cm³/mol. The van der Waals surface area contributed by atoms with Crippen LogP contribution in [0.1, 0.15) is 38.8 Å². The molecule has 170 valence electrons. The highest BCUT2D eigenvalue weighted by atomic mass is 32.2. The number of amidine groups is 1. The van der Waals surface area contributed by atoms with Crippen molar-refractivity contribution in [3.63, 3.8) is 0 Å². The number of morpholine rings is 1. The van der Waals surface area contributed by atoms with Gasteiger partial charge in [0.2, 0.25) is 5.91 Å². The van der Waals surface area contributed by atoms with Gasteiger partial charge >= 0.3 is 0 Å². The van der Waals surface area contributed by atoms with Gasteiger partial charge in [-0.05, 0) is 31.7 Å². The van der Waals surface area contributed by atoms with Crippen molar-refractivity contribution in [2.75, 3.05) is 39.4 Å². The van der Waals surface area contributed by atoms with Gasteiger partial charge in [-0.3, -0.25) is 9.59 Å². The van der Waals surface area contributed by atoms with Crippen molar-refractivity contribution in [2.45, 2.75) is 33.2 Å². The van der Waals surface area contributed by atoms with E-state index >= 15 is 0 Å². The lowest BCUT2D eigenvalue weighted by Crippen LogP contribution is -2.43. The van der Waals surface area contributed by atoms with E-state index in [2.05, 4.69) is 4.90 Å². The van der Waals surface area contributed by atoms with Crippen LogP contribution in [0.15, 0.2) is 57.7 Å². The highest BCUT2D eigenvalue weighted by Crippen LogP contribution is 2.45. The molecule has 0 aromatic heterocycles. The Morgan fingerprint density at radius 1 is 1.16 bits per heavy atom. The molecule has 1 unspecified atom stereocenters. The molecule has 32 heavy (non-hydrogen) atoms. The highest BCUT2D eigenvalue weighted by molar-refractivity contribution is 8.16. The number of nitrogens with zero attached hydrogens (tertiary/aromatic N) is 4. The number of hydrogen-bond acceptors (Lipinski definition) is 6. The number of hydrogen-bond donors (Lipinski definition) is 0. The number of amides is 2. The number of carbonyl (C=O) groups is 2. The summed E-state index contributed by atoms with van der Waals surface area (Å²) in [6.45, 7) is 9.55. The Morgan fingerprint density at radius 2 is 1.84 bits per heavy atom. The molecule has 0 spiro atoms. The third-order valence-electron chi connectivity index (χ3n) is 6.09. The SMILES string of the molecule is CCN(CC)C(=O)C1=C(C)N=C2SC=C(CC(=O)N3CCOCC3)N2C1c1ccccc1. The van der Waals surface area contributed by atoms with Crippen LogP contribution in [0.4, 0.5) is 0 Å². The average molecular weight is 455 g/mol. The minimum Gasteiger partial charge on any atom is -0.378 e. The molecular formula is C24H30N4O3S. The summed E-state index contributed by atoms with van der Waals surface area (Å²) in [7, 11) is 0. The Labute approximate surface area is 193 Å². The molecule has 4 rings (SSSR count). The van der Waals surface area contributed by atoms with E-state index in [1.165, 1.54) is 11.8 Å². The van der Waals surface area contributed by atoms with Crippen LogP contribution in [0.3, 0.4) is 0 Å². The monoisotopic (exact) mass is 454 g/mol. The van der Waals surface area contributed by atoms with Crippen LogP contribution in [0.25, 0.3) is 0 Å². The summed E-state index contributed by atoms with van der Waals surface area (Å²) < 4.78 is 5.39. The van der Waals surface area contributed by atoms with Crippen LogP contribution in [-0.2, 0) is 14.3 Å². The number of benzene rings is 1. The molecule has 0 radical (unpaired) electrons. The van der Waals surface area contributed by atoms with E-state index in [4.69, 9.17) is 9.73 Å². The fourth-order valence-electron chi connectivity index (χ4n) is 4.35. The molecule has 0 bridgehead atoms. The van der Waals surface area contributed by atoms with Crippen LogP contribution in [-0.4, -0.2) is 71.1 Å². The highest BCUT2D eigenvalue weighted by Gasteiger charge is 2.41. The number of likely N-dealkylation sites (N-methyl/N-ethyl adjacent to an activating group) is 1. The molecule has 0 N–H and O–H groups in total. The fourth-order valence-corrected chi connectivity index (χ4v) is 5.32. The first-order valence-corrected chi connectivity index (χ1v) is 12.1. The lowest BCUT2D eigenvalue weighted by molar-refractivity contribution is -0.134. The Balaban J connectivity index is 1.70. The maximum atomic E-state index is 13.6. The molecule has 3 aliphatic rings. The van der Waals surface area contributed by atoms with Gasteiger partial charge in [-0.25, -0.2) is 4.99 Å². The topological polar surface area (TPSA) is 65.5 Å². The van der Waals surface area contributed by atoms with Crippen LogP contribution in [0, 0.1) is 0 Å². The lowest BCUT2D eigenvalue weighted by atomic mass is 9.92. The second-order valence-corrected chi connectivity index (χ2v) is 8.79. The molecule has 1 aromatic rings. The van der Waals surface area contributed by atoms with E-state index in [1.54, 1.807) is 0 Å².